The maximum atomic E-state index is 13.7. The highest BCUT2D eigenvalue weighted by molar-refractivity contribution is 9.10. The lowest BCUT2D eigenvalue weighted by atomic mass is 9.85. The number of hydrogen-bond donors (Lipinski definition) is 2. The molecule has 6 rings (SSSR count). The fourth-order valence-corrected chi connectivity index (χ4v) is 6.31. The van der Waals surface area contributed by atoms with Crippen molar-refractivity contribution < 1.29 is 23.8 Å². The Morgan fingerprint density at radius 3 is 2.61 bits per heavy atom. The van der Waals surface area contributed by atoms with Gasteiger partial charge >= 0.3 is 0 Å². The van der Waals surface area contributed by atoms with E-state index in [1.807, 2.05) is 13.0 Å². The van der Waals surface area contributed by atoms with Crippen LogP contribution >= 0.6 is 15.9 Å². The van der Waals surface area contributed by atoms with E-state index in [0.29, 0.717) is 46.6 Å². The van der Waals surface area contributed by atoms with E-state index >= 15 is 0 Å². The number of benzene rings is 1. The summed E-state index contributed by atoms with van der Waals surface area (Å²) in [4.78, 5) is 34.7. The quantitative estimate of drug-likeness (QED) is 0.549. The number of methoxy groups -OCH3 is 3. The molecule has 33 heavy (non-hydrogen) atoms. The number of carbonyl (C=O) groups excluding carboxylic acids is 2. The second-order valence-corrected chi connectivity index (χ2v) is 9.58. The van der Waals surface area contributed by atoms with Crippen LogP contribution in [-0.4, -0.2) is 54.4 Å². The molecule has 9 heteroatoms. The SMILES string of the molecule is COc1cc2cc(C(=O)N3C[C@H]4C[C@@]45C3=CC(=O)c3[nH]c(C)c(Br)c35)[nH]c2c(OC)c1OC. The molecule has 2 atom stereocenters. The molecule has 3 aliphatic rings. The van der Waals surface area contributed by atoms with E-state index in [4.69, 9.17) is 14.2 Å². The standard InChI is InChI=1S/C24H22BrN3O5/c1-10-18(25)17-20(26-10)14(29)7-16-24(17)8-12(24)9-28(16)23(30)13-5-11-6-15(31-2)21(32-3)22(33-4)19(11)27-13/h5-7,12,26-27H,8-9H2,1-4H3/t12-,24+/m1/s1. The van der Waals surface area contributed by atoms with E-state index in [9.17, 15) is 9.59 Å². The number of piperidine rings is 1. The number of aromatic amines is 2. The van der Waals surface area contributed by atoms with E-state index in [1.54, 1.807) is 38.4 Å². The zero-order valence-corrected chi connectivity index (χ0v) is 20.2. The minimum Gasteiger partial charge on any atom is -0.493 e. The van der Waals surface area contributed by atoms with Crippen molar-refractivity contribution >= 4 is 38.5 Å². The summed E-state index contributed by atoms with van der Waals surface area (Å²) in [5, 5.41) is 0.770. The van der Waals surface area contributed by atoms with Gasteiger partial charge in [-0.3, -0.25) is 9.59 Å². The van der Waals surface area contributed by atoms with Crippen LogP contribution in [-0.2, 0) is 5.41 Å². The van der Waals surface area contributed by atoms with Crippen LogP contribution in [0, 0.1) is 12.8 Å². The maximum Gasteiger partial charge on any atom is 0.274 e. The van der Waals surface area contributed by atoms with Crippen molar-refractivity contribution in [1.82, 2.24) is 14.9 Å². The van der Waals surface area contributed by atoms with Gasteiger partial charge in [-0.1, -0.05) is 0 Å². The summed E-state index contributed by atoms with van der Waals surface area (Å²) < 4.78 is 17.4. The van der Waals surface area contributed by atoms with Crippen LogP contribution in [0.15, 0.2) is 28.4 Å². The van der Waals surface area contributed by atoms with Crippen molar-refractivity contribution in [1.29, 1.82) is 0 Å². The predicted molar refractivity (Wildman–Crippen MR) is 124 cm³/mol. The van der Waals surface area contributed by atoms with Crippen LogP contribution in [0.5, 0.6) is 17.2 Å². The Bertz CT molecular complexity index is 1420. The van der Waals surface area contributed by atoms with Gasteiger partial charge in [0, 0.05) is 44.8 Å². The van der Waals surface area contributed by atoms with E-state index < -0.39 is 0 Å². The number of rotatable bonds is 4. The molecule has 0 unspecified atom stereocenters. The van der Waals surface area contributed by atoms with Crippen molar-refractivity contribution in [3.8, 4) is 17.2 Å². The van der Waals surface area contributed by atoms with Gasteiger partial charge in [-0.2, -0.15) is 0 Å². The lowest BCUT2D eigenvalue weighted by Crippen LogP contribution is -2.33. The third-order valence-electron chi connectivity index (χ3n) is 7.22. The zero-order valence-electron chi connectivity index (χ0n) is 18.6. The number of hydrogen-bond acceptors (Lipinski definition) is 5. The van der Waals surface area contributed by atoms with E-state index in [2.05, 4.69) is 25.9 Å². The molecule has 8 nitrogen and oxygen atoms in total. The van der Waals surface area contributed by atoms with Crippen molar-refractivity contribution in [2.75, 3.05) is 27.9 Å². The molecule has 2 aromatic heterocycles. The minimum atomic E-state index is -0.279. The summed E-state index contributed by atoms with van der Waals surface area (Å²) in [6.45, 7) is 2.52. The third kappa shape index (κ3) is 2.45. The summed E-state index contributed by atoms with van der Waals surface area (Å²) in [7, 11) is 4.64. The summed E-state index contributed by atoms with van der Waals surface area (Å²) in [6, 6.07) is 3.59. The second kappa shape index (κ2) is 6.66. The number of aromatic nitrogens is 2. The smallest absolute Gasteiger partial charge is 0.274 e. The highest BCUT2D eigenvalue weighted by atomic mass is 79.9. The lowest BCUT2D eigenvalue weighted by molar-refractivity contribution is 0.0806. The first-order chi connectivity index (χ1) is 15.8. The van der Waals surface area contributed by atoms with Crippen LogP contribution < -0.4 is 14.2 Å². The largest absolute Gasteiger partial charge is 0.493 e. The first-order valence-electron chi connectivity index (χ1n) is 10.6. The Hall–Kier alpha value is -3.20. The molecule has 1 aromatic carbocycles. The number of ether oxygens (including phenoxy) is 3. The minimum absolute atomic E-state index is 0.0995. The van der Waals surface area contributed by atoms with Gasteiger partial charge in [-0.25, -0.2) is 0 Å². The number of nitrogens with one attached hydrogen (secondary N) is 2. The molecule has 2 fully saturated rings. The molecule has 1 aliphatic heterocycles. The molecular weight excluding hydrogens is 490 g/mol. The number of nitrogens with zero attached hydrogens (tertiary/aromatic N) is 1. The van der Waals surface area contributed by atoms with Gasteiger partial charge < -0.3 is 29.1 Å². The summed E-state index contributed by atoms with van der Waals surface area (Å²) >= 11 is 3.67. The van der Waals surface area contributed by atoms with Crippen LogP contribution in [0.2, 0.25) is 0 Å². The molecule has 2 aliphatic carbocycles. The number of halogens is 1. The molecule has 1 saturated heterocycles. The van der Waals surface area contributed by atoms with Gasteiger partial charge in [-0.05, 0) is 47.3 Å². The third-order valence-corrected chi connectivity index (χ3v) is 8.21. The van der Waals surface area contributed by atoms with Crippen LogP contribution in [0.1, 0.15) is 38.7 Å². The second-order valence-electron chi connectivity index (χ2n) is 8.79. The molecule has 3 heterocycles. The van der Waals surface area contributed by atoms with Crippen LogP contribution in [0.4, 0.5) is 0 Å². The fraction of sp³-hybridized carbons (Fsp3) is 0.333. The molecule has 1 amide bonds. The average molecular weight is 512 g/mol. The summed E-state index contributed by atoms with van der Waals surface area (Å²) in [5.74, 6) is 1.46. The molecule has 170 valence electrons. The number of allylic oxidation sites excluding steroid dienone is 2. The topological polar surface area (TPSA) is 96.7 Å². The molecule has 3 aromatic rings. The zero-order chi connectivity index (χ0) is 23.2. The fourth-order valence-electron chi connectivity index (χ4n) is 5.66. The van der Waals surface area contributed by atoms with Gasteiger partial charge in [-0.15, -0.1) is 0 Å². The van der Waals surface area contributed by atoms with Crippen molar-refractivity contribution in [3.05, 3.63) is 51.0 Å². The van der Waals surface area contributed by atoms with Gasteiger partial charge in [0.1, 0.15) is 5.69 Å². The summed E-state index contributed by atoms with van der Waals surface area (Å²) in [5.41, 5.74) is 4.13. The van der Waals surface area contributed by atoms with Crippen molar-refractivity contribution in [2.45, 2.75) is 18.8 Å². The Balaban J connectivity index is 1.43. The molecule has 0 radical (unpaired) electrons. The Morgan fingerprint density at radius 2 is 1.91 bits per heavy atom. The first-order valence-corrected chi connectivity index (χ1v) is 11.4. The monoisotopic (exact) mass is 511 g/mol. The number of H-pyrrole nitrogens is 2. The van der Waals surface area contributed by atoms with Gasteiger partial charge in [0.15, 0.2) is 11.5 Å². The normalized spacial score (nSPS) is 22.6. The molecule has 1 spiro atoms. The Labute approximate surface area is 198 Å². The van der Waals surface area contributed by atoms with Gasteiger partial charge in [0.05, 0.1) is 32.5 Å². The number of aryl methyl sites for hydroxylation is 1. The number of fused-ring (bicyclic) bond motifs is 2. The number of ketones is 1. The van der Waals surface area contributed by atoms with Crippen molar-refractivity contribution in [3.63, 3.8) is 0 Å². The maximum absolute atomic E-state index is 13.7. The van der Waals surface area contributed by atoms with E-state index in [0.717, 1.165) is 33.2 Å². The number of amides is 1. The number of carbonyl (C=O) groups is 2. The lowest BCUT2D eigenvalue weighted by Gasteiger charge is -2.28. The summed E-state index contributed by atoms with van der Waals surface area (Å²) in [6.07, 6.45) is 2.57. The highest BCUT2D eigenvalue weighted by Gasteiger charge is 2.68. The molecular formula is C24H22BrN3O5. The Kier molecular flexibility index (Phi) is 4.12. The molecule has 0 bridgehead atoms. The predicted octanol–water partition coefficient (Wildman–Crippen LogP) is 4.09. The van der Waals surface area contributed by atoms with Crippen LogP contribution in [0.3, 0.4) is 0 Å². The van der Waals surface area contributed by atoms with Crippen LogP contribution in [0.25, 0.3) is 10.9 Å². The Morgan fingerprint density at radius 1 is 1.15 bits per heavy atom. The first kappa shape index (κ1) is 20.4. The number of likely N-dealkylation sites (tertiary alicyclic amines) is 1. The van der Waals surface area contributed by atoms with E-state index in [1.165, 1.54) is 0 Å². The van der Waals surface area contributed by atoms with Gasteiger partial charge in [0.25, 0.3) is 5.91 Å². The van der Waals surface area contributed by atoms with Gasteiger partial charge in [0.2, 0.25) is 11.5 Å². The highest BCUT2D eigenvalue weighted by Crippen LogP contribution is 2.68. The van der Waals surface area contributed by atoms with Crippen molar-refractivity contribution in [2.24, 2.45) is 5.92 Å². The average Bonchev–Trinajstić information content (AvgIpc) is 3.07. The molecule has 1 saturated carbocycles. The molecule has 2 N–H and O–H groups in total. The van der Waals surface area contributed by atoms with E-state index in [-0.39, 0.29) is 17.1 Å².